The van der Waals surface area contributed by atoms with Crippen molar-refractivity contribution in [2.45, 2.75) is 32.2 Å². The number of aromatic hydroxyl groups is 1. The molecule has 3 heterocycles. The number of piperidine rings is 1. The lowest BCUT2D eigenvalue weighted by molar-refractivity contribution is 0.198. The molecule has 0 saturated carbocycles. The van der Waals surface area contributed by atoms with Gasteiger partial charge in [-0.05, 0) is 38.9 Å². The molecule has 146 valence electrons. The Morgan fingerprint density at radius 2 is 2.04 bits per heavy atom. The number of rotatable bonds is 5. The molecule has 0 bridgehead atoms. The maximum Gasteiger partial charge on any atom is 0.278 e. The number of benzene rings is 1. The SMILES string of the molecule is COc1ccc(CN2CCC(c3noc(-c4cnc(C)cn4)n3)CC2)c(O)c1. The van der Waals surface area contributed by atoms with Crippen LogP contribution >= 0.6 is 0 Å². The van der Waals surface area contributed by atoms with Crippen molar-refractivity contribution in [3.63, 3.8) is 0 Å². The van der Waals surface area contributed by atoms with E-state index in [2.05, 4.69) is 25.0 Å². The molecule has 8 heteroatoms. The van der Waals surface area contributed by atoms with Gasteiger partial charge in [0, 0.05) is 30.3 Å². The molecule has 0 radical (unpaired) electrons. The van der Waals surface area contributed by atoms with Crippen molar-refractivity contribution in [3.8, 4) is 23.1 Å². The Morgan fingerprint density at radius 1 is 1.21 bits per heavy atom. The minimum atomic E-state index is 0.261. The largest absolute Gasteiger partial charge is 0.507 e. The lowest BCUT2D eigenvalue weighted by Crippen LogP contribution is -2.32. The summed E-state index contributed by atoms with van der Waals surface area (Å²) in [6.07, 6.45) is 5.22. The Labute approximate surface area is 163 Å². The van der Waals surface area contributed by atoms with Crippen LogP contribution in [0.2, 0.25) is 0 Å². The van der Waals surface area contributed by atoms with Crippen molar-refractivity contribution in [1.29, 1.82) is 0 Å². The zero-order valence-electron chi connectivity index (χ0n) is 16.0. The van der Waals surface area contributed by atoms with Crippen molar-refractivity contribution in [2.24, 2.45) is 0 Å². The van der Waals surface area contributed by atoms with Gasteiger partial charge in [0.15, 0.2) is 5.82 Å². The van der Waals surface area contributed by atoms with E-state index in [9.17, 15) is 5.11 Å². The Hall–Kier alpha value is -3.00. The average Bonchev–Trinajstić information content (AvgIpc) is 3.21. The highest BCUT2D eigenvalue weighted by Gasteiger charge is 2.25. The fourth-order valence-corrected chi connectivity index (χ4v) is 3.40. The third-order valence-electron chi connectivity index (χ3n) is 5.08. The number of hydrogen-bond acceptors (Lipinski definition) is 8. The molecular formula is C20H23N5O3. The van der Waals surface area contributed by atoms with Crippen LogP contribution in [0, 0.1) is 6.92 Å². The van der Waals surface area contributed by atoms with Gasteiger partial charge in [-0.25, -0.2) is 4.98 Å². The minimum Gasteiger partial charge on any atom is -0.507 e. The molecule has 2 aromatic heterocycles. The molecule has 3 aromatic rings. The predicted molar refractivity (Wildman–Crippen MR) is 102 cm³/mol. The van der Waals surface area contributed by atoms with E-state index < -0.39 is 0 Å². The van der Waals surface area contributed by atoms with Gasteiger partial charge in [-0.1, -0.05) is 11.2 Å². The van der Waals surface area contributed by atoms with Gasteiger partial charge >= 0.3 is 0 Å². The summed E-state index contributed by atoms with van der Waals surface area (Å²) >= 11 is 0. The highest BCUT2D eigenvalue weighted by Crippen LogP contribution is 2.30. The average molecular weight is 381 g/mol. The van der Waals surface area contributed by atoms with E-state index in [0.717, 1.165) is 43.0 Å². The molecule has 28 heavy (non-hydrogen) atoms. The van der Waals surface area contributed by atoms with E-state index in [1.54, 1.807) is 25.6 Å². The predicted octanol–water partition coefficient (Wildman–Crippen LogP) is 2.93. The first kappa shape index (κ1) is 18.4. The lowest BCUT2D eigenvalue weighted by Gasteiger charge is -2.30. The number of hydrogen-bond donors (Lipinski definition) is 1. The van der Waals surface area contributed by atoms with Crippen LogP contribution < -0.4 is 4.74 Å². The summed E-state index contributed by atoms with van der Waals surface area (Å²) in [6, 6.07) is 5.43. The summed E-state index contributed by atoms with van der Waals surface area (Å²) in [5.41, 5.74) is 2.34. The van der Waals surface area contributed by atoms with Gasteiger partial charge < -0.3 is 14.4 Å². The molecule has 1 N–H and O–H groups in total. The summed E-state index contributed by atoms with van der Waals surface area (Å²) in [5.74, 6) is 2.32. The summed E-state index contributed by atoms with van der Waals surface area (Å²) in [4.78, 5) is 15.4. The number of nitrogens with zero attached hydrogens (tertiary/aromatic N) is 5. The zero-order valence-corrected chi connectivity index (χ0v) is 16.0. The Bertz CT molecular complexity index is 933. The molecule has 1 saturated heterocycles. The first-order valence-corrected chi connectivity index (χ1v) is 9.33. The molecule has 0 spiro atoms. The molecule has 1 aromatic carbocycles. The molecule has 4 rings (SSSR count). The number of phenols is 1. The lowest BCUT2D eigenvalue weighted by atomic mass is 9.96. The second-order valence-corrected chi connectivity index (χ2v) is 7.05. The van der Waals surface area contributed by atoms with Gasteiger partial charge in [-0.2, -0.15) is 4.98 Å². The fraction of sp³-hybridized carbons (Fsp3) is 0.400. The van der Waals surface area contributed by atoms with Crippen molar-refractivity contribution in [2.75, 3.05) is 20.2 Å². The smallest absolute Gasteiger partial charge is 0.278 e. The van der Waals surface area contributed by atoms with Gasteiger partial charge in [0.2, 0.25) is 0 Å². The van der Waals surface area contributed by atoms with Crippen LogP contribution in [0.15, 0.2) is 35.1 Å². The van der Waals surface area contributed by atoms with Crippen molar-refractivity contribution >= 4 is 0 Å². The fourth-order valence-electron chi connectivity index (χ4n) is 3.40. The molecule has 0 unspecified atom stereocenters. The molecule has 0 atom stereocenters. The molecule has 0 amide bonds. The van der Waals surface area contributed by atoms with E-state index >= 15 is 0 Å². The van der Waals surface area contributed by atoms with Crippen molar-refractivity contribution < 1.29 is 14.4 Å². The highest BCUT2D eigenvalue weighted by atomic mass is 16.5. The monoisotopic (exact) mass is 381 g/mol. The zero-order chi connectivity index (χ0) is 19.5. The van der Waals surface area contributed by atoms with Crippen LogP contribution in [0.3, 0.4) is 0 Å². The van der Waals surface area contributed by atoms with Crippen LogP contribution in [0.5, 0.6) is 11.5 Å². The quantitative estimate of drug-likeness (QED) is 0.720. The summed E-state index contributed by atoms with van der Waals surface area (Å²) < 4.78 is 10.5. The van der Waals surface area contributed by atoms with Gasteiger partial charge in [0.1, 0.15) is 17.2 Å². The van der Waals surface area contributed by atoms with Crippen LogP contribution in [-0.4, -0.2) is 50.3 Å². The third kappa shape index (κ3) is 3.96. The van der Waals surface area contributed by atoms with Crippen LogP contribution in [-0.2, 0) is 6.54 Å². The highest BCUT2D eigenvalue weighted by molar-refractivity contribution is 5.44. The third-order valence-corrected chi connectivity index (χ3v) is 5.08. The number of aryl methyl sites for hydroxylation is 1. The normalized spacial score (nSPS) is 15.6. The van der Waals surface area contributed by atoms with Gasteiger partial charge in [0.05, 0.1) is 19.0 Å². The Morgan fingerprint density at radius 3 is 2.71 bits per heavy atom. The minimum absolute atomic E-state index is 0.261. The number of likely N-dealkylation sites (tertiary alicyclic amines) is 1. The molecule has 1 aliphatic rings. The number of ether oxygens (including phenoxy) is 1. The van der Waals surface area contributed by atoms with E-state index in [-0.39, 0.29) is 11.7 Å². The van der Waals surface area contributed by atoms with Crippen molar-refractivity contribution in [3.05, 3.63) is 47.7 Å². The second-order valence-electron chi connectivity index (χ2n) is 7.05. The standard InChI is InChI=1S/C20H23N5O3/c1-13-10-22-17(11-21-13)20-23-19(24-28-20)14-5-7-25(8-6-14)12-15-3-4-16(27-2)9-18(15)26/h3-4,9-11,14,26H,5-8,12H2,1-2H3. The van der Waals surface area contributed by atoms with E-state index in [4.69, 9.17) is 9.26 Å². The summed E-state index contributed by atoms with van der Waals surface area (Å²) in [5, 5.41) is 14.3. The first-order valence-electron chi connectivity index (χ1n) is 9.33. The molecule has 0 aliphatic carbocycles. The Balaban J connectivity index is 1.36. The maximum atomic E-state index is 10.2. The number of phenolic OH excluding ortho intramolecular Hbond substituents is 1. The first-order chi connectivity index (χ1) is 13.6. The number of aromatic nitrogens is 4. The molecule has 8 nitrogen and oxygen atoms in total. The maximum absolute atomic E-state index is 10.2. The molecule has 1 fully saturated rings. The van der Waals surface area contributed by atoms with Gasteiger partial charge in [-0.15, -0.1) is 0 Å². The summed E-state index contributed by atoms with van der Waals surface area (Å²) in [6.45, 7) is 4.41. The van der Waals surface area contributed by atoms with E-state index in [1.807, 2.05) is 19.1 Å². The number of methoxy groups -OCH3 is 1. The van der Waals surface area contributed by atoms with E-state index in [0.29, 0.717) is 23.9 Å². The molecule has 1 aliphatic heterocycles. The second kappa shape index (κ2) is 7.93. The van der Waals surface area contributed by atoms with Crippen LogP contribution in [0.4, 0.5) is 0 Å². The summed E-state index contributed by atoms with van der Waals surface area (Å²) in [7, 11) is 1.59. The van der Waals surface area contributed by atoms with Crippen molar-refractivity contribution in [1.82, 2.24) is 25.0 Å². The van der Waals surface area contributed by atoms with Gasteiger partial charge in [0.25, 0.3) is 5.89 Å². The Kier molecular flexibility index (Phi) is 5.21. The van der Waals surface area contributed by atoms with Gasteiger partial charge in [-0.3, -0.25) is 9.88 Å². The van der Waals surface area contributed by atoms with Crippen LogP contribution in [0.1, 0.15) is 35.8 Å². The van der Waals surface area contributed by atoms with E-state index in [1.165, 1.54) is 0 Å². The topological polar surface area (TPSA) is 97.4 Å². The van der Waals surface area contributed by atoms with Crippen LogP contribution in [0.25, 0.3) is 11.6 Å². The molecular weight excluding hydrogens is 358 g/mol.